The quantitative estimate of drug-likeness (QED) is 0.329. The minimum absolute atomic E-state index is 0.291. The molecule has 20 heavy (non-hydrogen) atoms. The second-order valence-electron chi connectivity index (χ2n) is 3.99. The molecule has 0 bridgehead atoms. The lowest BCUT2D eigenvalue weighted by molar-refractivity contribution is 0.100. The van der Waals surface area contributed by atoms with E-state index in [1.54, 1.807) is 16.7 Å². The van der Waals surface area contributed by atoms with Crippen LogP contribution in [0.3, 0.4) is 0 Å². The summed E-state index contributed by atoms with van der Waals surface area (Å²) in [7, 11) is 0. The molecule has 102 valence electrons. The Kier molecular flexibility index (Phi) is 3.80. The molecule has 0 aliphatic carbocycles. The molecule has 0 aliphatic rings. The second kappa shape index (κ2) is 5.70. The fraction of sp³-hybridized carbons (Fsp3) is 0. The van der Waals surface area contributed by atoms with Crippen molar-refractivity contribution in [1.29, 1.82) is 0 Å². The highest BCUT2D eigenvalue weighted by atomic mass is 16.4. The standard InChI is InChI=1S/C13H13N5O2/c14-13(15)17-12(19)10-5-9(8-16-20)6-11(7-10)18-3-1-2-4-18/h1-8,20H,(H4,14,15,17,19)/b16-8-. The third-order valence-electron chi connectivity index (χ3n) is 2.53. The lowest BCUT2D eigenvalue weighted by Gasteiger charge is -2.06. The number of guanidine groups is 1. The summed E-state index contributed by atoms with van der Waals surface area (Å²) in [6.45, 7) is 0. The highest BCUT2D eigenvalue weighted by molar-refractivity contribution is 6.03. The van der Waals surface area contributed by atoms with Crippen molar-refractivity contribution >= 4 is 18.1 Å². The largest absolute Gasteiger partial charge is 0.411 e. The van der Waals surface area contributed by atoms with Gasteiger partial charge in [0.2, 0.25) is 0 Å². The molecule has 2 aromatic rings. The SMILES string of the molecule is NC(N)=NC(=O)c1cc(/C=N\O)cc(-n2cccc2)c1. The van der Waals surface area contributed by atoms with Gasteiger partial charge in [-0.25, -0.2) is 0 Å². The molecule has 7 heteroatoms. The normalized spacial score (nSPS) is 10.6. The maximum Gasteiger partial charge on any atom is 0.280 e. The van der Waals surface area contributed by atoms with Crippen LogP contribution in [0.15, 0.2) is 52.9 Å². The molecule has 1 heterocycles. The molecule has 0 radical (unpaired) electrons. The number of carbonyl (C=O) groups is 1. The summed E-state index contributed by atoms with van der Waals surface area (Å²) in [6, 6.07) is 8.63. The predicted molar refractivity (Wildman–Crippen MR) is 75.3 cm³/mol. The van der Waals surface area contributed by atoms with E-state index in [0.29, 0.717) is 11.1 Å². The lowest BCUT2D eigenvalue weighted by atomic mass is 10.1. The van der Waals surface area contributed by atoms with Gasteiger partial charge in [-0.3, -0.25) is 4.79 Å². The van der Waals surface area contributed by atoms with Crippen molar-refractivity contribution < 1.29 is 10.0 Å². The van der Waals surface area contributed by atoms with Crippen molar-refractivity contribution in [3.63, 3.8) is 0 Å². The van der Waals surface area contributed by atoms with E-state index in [1.807, 2.05) is 24.5 Å². The van der Waals surface area contributed by atoms with Gasteiger partial charge in [0, 0.05) is 23.6 Å². The lowest BCUT2D eigenvalue weighted by Crippen LogP contribution is -2.24. The number of hydrogen-bond donors (Lipinski definition) is 3. The van der Waals surface area contributed by atoms with Gasteiger partial charge in [-0.05, 0) is 35.9 Å². The summed E-state index contributed by atoms with van der Waals surface area (Å²) in [5, 5.41) is 11.6. The van der Waals surface area contributed by atoms with Crippen molar-refractivity contribution in [2.75, 3.05) is 0 Å². The van der Waals surface area contributed by atoms with Gasteiger partial charge in [-0.15, -0.1) is 0 Å². The molecule has 5 N–H and O–H groups in total. The summed E-state index contributed by atoms with van der Waals surface area (Å²) in [5.74, 6) is -0.870. The first-order valence-corrected chi connectivity index (χ1v) is 5.70. The maximum atomic E-state index is 11.9. The van der Waals surface area contributed by atoms with Gasteiger partial charge >= 0.3 is 0 Å². The molecule has 0 aliphatic heterocycles. The van der Waals surface area contributed by atoms with Gasteiger partial charge < -0.3 is 21.2 Å². The van der Waals surface area contributed by atoms with Crippen LogP contribution in [0.2, 0.25) is 0 Å². The summed E-state index contributed by atoms with van der Waals surface area (Å²) in [6.07, 6.45) is 4.87. The van der Waals surface area contributed by atoms with Crippen LogP contribution in [0.1, 0.15) is 15.9 Å². The molecule has 0 saturated heterocycles. The zero-order chi connectivity index (χ0) is 14.5. The molecule has 1 aromatic carbocycles. The molecular weight excluding hydrogens is 258 g/mol. The highest BCUT2D eigenvalue weighted by Gasteiger charge is 2.09. The zero-order valence-corrected chi connectivity index (χ0v) is 10.5. The minimum Gasteiger partial charge on any atom is -0.411 e. The van der Waals surface area contributed by atoms with Crippen LogP contribution in [-0.4, -0.2) is 27.9 Å². The van der Waals surface area contributed by atoms with E-state index < -0.39 is 5.91 Å². The van der Waals surface area contributed by atoms with Gasteiger partial charge in [-0.1, -0.05) is 5.16 Å². The Morgan fingerprint density at radius 1 is 1.20 bits per heavy atom. The predicted octanol–water partition coefficient (Wildman–Crippen LogP) is 0.699. The van der Waals surface area contributed by atoms with E-state index in [4.69, 9.17) is 16.7 Å². The number of hydrogen-bond acceptors (Lipinski definition) is 3. The fourth-order valence-electron chi connectivity index (χ4n) is 1.74. The minimum atomic E-state index is -0.563. The van der Waals surface area contributed by atoms with Crippen molar-refractivity contribution in [3.8, 4) is 5.69 Å². The topological polar surface area (TPSA) is 119 Å². The molecule has 1 aromatic heterocycles. The van der Waals surface area contributed by atoms with Crippen LogP contribution in [0.5, 0.6) is 0 Å². The Morgan fingerprint density at radius 2 is 1.90 bits per heavy atom. The molecular formula is C13H13N5O2. The van der Waals surface area contributed by atoms with Crippen molar-refractivity contribution in [1.82, 2.24) is 4.57 Å². The van der Waals surface area contributed by atoms with E-state index in [0.717, 1.165) is 5.69 Å². The first kappa shape index (κ1) is 13.3. The van der Waals surface area contributed by atoms with E-state index >= 15 is 0 Å². The summed E-state index contributed by atoms with van der Waals surface area (Å²) < 4.78 is 1.81. The molecule has 0 spiro atoms. The second-order valence-corrected chi connectivity index (χ2v) is 3.99. The first-order valence-electron chi connectivity index (χ1n) is 5.70. The van der Waals surface area contributed by atoms with Crippen LogP contribution < -0.4 is 11.5 Å². The third kappa shape index (κ3) is 3.02. The number of aliphatic imine (C=N–C) groups is 1. The number of nitrogens with zero attached hydrogens (tertiary/aromatic N) is 3. The number of benzene rings is 1. The Morgan fingerprint density at radius 3 is 2.50 bits per heavy atom. The summed E-state index contributed by atoms with van der Waals surface area (Å²) in [5.41, 5.74) is 12.0. The van der Waals surface area contributed by atoms with Crippen LogP contribution in [0.25, 0.3) is 5.69 Å². The number of carbonyl (C=O) groups excluding carboxylic acids is 1. The molecule has 1 amide bonds. The van der Waals surface area contributed by atoms with E-state index in [1.165, 1.54) is 12.3 Å². The van der Waals surface area contributed by atoms with E-state index in [2.05, 4.69) is 10.1 Å². The van der Waals surface area contributed by atoms with Gasteiger partial charge in [0.15, 0.2) is 5.96 Å². The van der Waals surface area contributed by atoms with E-state index in [9.17, 15) is 4.79 Å². The van der Waals surface area contributed by atoms with Crippen LogP contribution in [0, 0.1) is 0 Å². The average Bonchev–Trinajstić information content (AvgIpc) is 2.92. The van der Waals surface area contributed by atoms with Crippen LogP contribution in [-0.2, 0) is 0 Å². The highest BCUT2D eigenvalue weighted by Crippen LogP contribution is 2.15. The Balaban J connectivity index is 2.52. The number of oxime groups is 1. The molecule has 0 saturated carbocycles. The van der Waals surface area contributed by atoms with Crippen LogP contribution in [0.4, 0.5) is 0 Å². The Labute approximate surface area is 114 Å². The van der Waals surface area contributed by atoms with E-state index in [-0.39, 0.29) is 5.96 Å². The molecule has 7 nitrogen and oxygen atoms in total. The fourth-order valence-corrected chi connectivity index (χ4v) is 1.74. The first-order chi connectivity index (χ1) is 9.60. The third-order valence-corrected chi connectivity index (χ3v) is 2.53. The van der Waals surface area contributed by atoms with Crippen molar-refractivity contribution in [2.45, 2.75) is 0 Å². The number of rotatable bonds is 3. The summed E-state index contributed by atoms with van der Waals surface area (Å²) in [4.78, 5) is 15.4. The Bertz CT molecular complexity index is 670. The number of aromatic nitrogens is 1. The maximum absolute atomic E-state index is 11.9. The molecule has 0 atom stereocenters. The number of nitrogens with two attached hydrogens (primary N) is 2. The smallest absolute Gasteiger partial charge is 0.280 e. The number of amides is 1. The molecule has 2 rings (SSSR count). The van der Waals surface area contributed by atoms with Gasteiger partial charge in [-0.2, -0.15) is 4.99 Å². The zero-order valence-electron chi connectivity index (χ0n) is 10.5. The molecule has 0 fully saturated rings. The Hall–Kier alpha value is -3.09. The van der Waals surface area contributed by atoms with Gasteiger partial charge in [0.05, 0.1) is 6.21 Å². The van der Waals surface area contributed by atoms with Crippen molar-refractivity contribution in [2.24, 2.45) is 21.6 Å². The summed E-state index contributed by atoms with van der Waals surface area (Å²) >= 11 is 0. The van der Waals surface area contributed by atoms with Crippen molar-refractivity contribution in [3.05, 3.63) is 53.9 Å². The average molecular weight is 271 g/mol. The van der Waals surface area contributed by atoms with Crippen LogP contribution >= 0.6 is 0 Å². The monoisotopic (exact) mass is 271 g/mol. The van der Waals surface area contributed by atoms with Gasteiger partial charge in [0.25, 0.3) is 5.91 Å². The molecule has 0 unspecified atom stereocenters. The van der Waals surface area contributed by atoms with Gasteiger partial charge in [0.1, 0.15) is 0 Å².